The van der Waals surface area contributed by atoms with Gasteiger partial charge in [-0.1, -0.05) is 11.8 Å². The van der Waals surface area contributed by atoms with Crippen molar-refractivity contribution in [2.75, 3.05) is 12.4 Å². The summed E-state index contributed by atoms with van der Waals surface area (Å²) < 4.78 is 40.2. The molecule has 0 aliphatic carbocycles. The van der Waals surface area contributed by atoms with Gasteiger partial charge >= 0.3 is 5.51 Å². The SMILES string of the molecule is CC(C)(C)OCCCSC(F)(F)F. The summed E-state index contributed by atoms with van der Waals surface area (Å²) in [5.74, 6) is 0.0690. The highest BCUT2D eigenvalue weighted by Gasteiger charge is 2.27. The maximum atomic E-state index is 11.6. The Morgan fingerprint density at radius 2 is 1.69 bits per heavy atom. The molecule has 0 aromatic heterocycles. The fraction of sp³-hybridized carbons (Fsp3) is 1.00. The van der Waals surface area contributed by atoms with Gasteiger partial charge in [-0.15, -0.1) is 0 Å². The molecule has 0 aliphatic heterocycles. The molecule has 1 nitrogen and oxygen atoms in total. The lowest BCUT2D eigenvalue weighted by molar-refractivity contribution is -0.0331. The van der Waals surface area contributed by atoms with Gasteiger partial charge in [-0.05, 0) is 27.2 Å². The first-order valence-electron chi connectivity index (χ1n) is 4.05. The molecule has 0 atom stereocenters. The van der Waals surface area contributed by atoms with Crippen molar-refractivity contribution in [2.24, 2.45) is 0 Å². The quantitative estimate of drug-likeness (QED) is 0.666. The third-order valence-electron chi connectivity index (χ3n) is 1.09. The molecule has 0 fully saturated rings. The first-order valence-corrected chi connectivity index (χ1v) is 5.04. The van der Waals surface area contributed by atoms with Gasteiger partial charge in [0, 0.05) is 12.4 Å². The van der Waals surface area contributed by atoms with Crippen molar-refractivity contribution in [3.05, 3.63) is 0 Å². The van der Waals surface area contributed by atoms with E-state index >= 15 is 0 Å². The van der Waals surface area contributed by atoms with E-state index in [0.717, 1.165) is 0 Å². The second-order valence-corrected chi connectivity index (χ2v) is 4.77. The summed E-state index contributed by atoms with van der Waals surface area (Å²) in [6, 6.07) is 0. The van der Waals surface area contributed by atoms with Gasteiger partial charge in [-0.25, -0.2) is 0 Å². The topological polar surface area (TPSA) is 9.23 Å². The van der Waals surface area contributed by atoms with Crippen LogP contribution < -0.4 is 0 Å². The summed E-state index contributed by atoms with van der Waals surface area (Å²) in [6.07, 6.45) is 0.432. The van der Waals surface area contributed by atoms with Crippen molar-refractivity contribution in [1.82, 2.24) is 0 Å². The Kier molecular flexibility index (Phi) is 5.14. The number of ether oxygens (including phenoxy) is 1. The summed E-state index contributed by atoms with van der Waals surface area (Å²) in [5, 5.41) is 0. The molecular weight excluding hydrogens is 201 g/mol. The van der Waals surface area contributed by atoms with Crippen molar-refractivity contribution in [3.8, 4) is 0 Å². The van der Waals surface area contributed by atoms with E-state index in [1.54, 1.807) is 0 Å². The number of alkyl halides is 3. The maximum absolute atomic E-state index is 11.6. The van der Waals surface area contributed by atoms with Gasteiger partial charge in [0.25, 0.3) is 0 Å². The third-order valence-corrected chi connectivity index (χ3v) is 1.91. The minimum absolute atomic E-state index is 0.00415. The van der Waals surface area contributed by atoms with E-state index in [2.05, 4.69) is 0 Å². The largest absolute Gasteiger partial charge is 0.441 e. The Balaban J connectivity index is 3.28. The smallest absolute Gasteiger partial charge is 0.376 e. The zero-order chi connectivity index (χ0) is 10.5. The monoisotopic (exact) mass is 216 g/mol. The minimum atomic E-state index is -4.11. The van der Waals surface area contributed by atoms with Crippen LogP contribution in [-0.4, -0.2) is 23.5 Å². The number of hydrogen-bond donors (Lipinski definition) is 0. The number of halogens is 3. The van der Waals surface area contributed by atoms with E-state index in [0.29, 0.717) is 13.0 Å². The van der Waals surface area contributed by atoms with Crippen LogP contribution in [0.3, 0.4) is 0 Å². The van der Waals surface area contributed by atoms with Crippen LogP contribution in [0.25, 0.3) is 0 Å². The molecule has 0 saturated heterocycles. The maximum Gasteiger partial charge on any atom is 0.441 e. The van der Waals surface area contributed by atoms with Gasteiger partial charge in [-0.3, -0.25) is 0 Å². The summed E-state index contributed by atoms with van der Waals surface area (Å²) in [4.78, 5) is 0. The average Bonchev–Trinajstić information content (AvgIpc) is 1.81. The van der Waals surface area contributed by atoms with Crippen LogP contribution >= 0.6 is 11.8 Å². The second kappa shape index (κ2) is 5.10. The Morgan fingerprint density at radius 1 is 1.15 bits per heavy atom. The molecule has 0 spiro atoms. The van der Waals surface area contributed by atoms with Gasteiger partial charge < -0.3 is 4.74 Å². The molecule has 0 aromatic carbocycles. The van der Waals surface area contributed by atoms with Crippen LogP contribution in [0.2, 0.25) is 0 Å². The molecule has 0 heterocycles. The molecule has 80 valence electrons. The molecule has 0 N–H and O–H groups in total. The lowest BCUT2D eigenvalue weighted by atomic mass is 10.2. The molecule has 0 unspecified atom stereocenters. The van der Waals surface area contributed by atoms with Crippen molar-refractivity contribution in [2.45, 2.75) is 38.3 Å². The van der Waals surface area contributed by atoms with E-state index in [1.807, 2.05) is 20.8 Å². The fourth-order valence-electron chi connectivity index (χ4n) is 0.625. The Labute approximate surface area is 81.0 Å². The zero-order valence-electron chi connectivity index (χ0n) is 8.07. The predicted octanol–water partition coefficient (Wildman–Crippen LogP) is 3.44. The Hall–Kier alpha value is 0.100. The number of rotatable bonds is 4. The molecule has 13 heavy (non-hydrogen) atoms. The van der Waals surface area contributed by atoms with Gasteiger partial charge in [0.15, 0.2) is 0 Å². The van der Waals surface area contributed by atoms with Crippen molar-refractivity contribution >= 4 is 11.8 Å². The molecule has 0 rings (SSSR count). The van der Waals surface area contributed by atoms with Gasteiger partial charge in [-0.2, -0.15) is 13.2 Å². The number of thioether (sulfide) groups is 1. The summed E-state index contributed by atoms with van der Waals surface area (Å²) in [7, 11) is 0. The van der Waals surface area contributed by atoms with E-state index in [-0.39, 0.29) is 23.1 Å². The summed E-state index contributed by atoms with van der Waals surface area (Å²) in [6.45, 7) is 6.02. The lowest BCUT2D eigenvalue weighted by Gasteiger charge is -2.19. The molecule has 0 radical (unpaired) electrons. The van der Waals surface area contributed by atoms with Crippen LogP contribution in [0.5, 0.6) is 0 Å². The highest BCUT2D eigenvalue weighted by molar-refractivity contribution is 8.00. The lowest BCUT2D eigenvalue weighted by Crippen LogP contribution is -2.20. The molecule has 5 heteroatoms. The van der Waals surface area contributed by atoms with Crippen LogP contribution in [-0.2, 0) is 4.74 Å². The minimum Gasteiger partial charge on any atom is -0.376 e. The summed E-state index contributed by atoms with van der Waals surface area (Å²) in [5.41, 5.74) is -4.37. The molecule has 0 aromatic rings. The average molecular weight is 216 g/mol. The van der Waals surface area contributed by atoms with Crippen LogP contribution in [0, 0.1) is 0 Å². The highest BCUT2D eigenvalue weighted by Crippen LogP contribution is 2.30. The van der Waals surface area contributed by atoms with Gasteiger partial charge in [0.05, 0.1) is 5.60 Å². The second-order valence-electron chi connectivity index (χ2n) is 3.61. The van der Waals surface area contributed by atoms with Gasteiger partial charge in [0.1, 0.15) is 0 Å². The van der Waals surface area contributed by atoms with Crippen LogP contribution in [0.4, 0.5) is 13.2 Å². The fourth-order valence-corrected chi connectivity index (χ4v) is 1.12. The van der Waals surface area contributed by atoms with Crippen LogP contribution in [0.1, 0.15) is 27.2 Å². The van der Waals surface area contributed by atoms with Crippen molar-refractivity contribution < 1.29 is 17.9 Å². The first-order chi connectivity index (χ1) is 5.71. The molecule has 0 saturated carbocycles. The molecule has 0 aliphatic rings. The van der Waals surface area contributed by atoms with E-state index < -0.39 is 5.51 Å². The zero-order valence-corrected chi connectivity index (χ0v) is 8.89. The Bertz CT molecular complexity index is 123. The third kappa shape index (κ3) is 12.1. The molecule has 0 bridgehead atoms. The van der Waals surface area contributed by atoms with E-state index in [4.69, 9.17) is 4.74 Å². The predicted molar refractivity (Wildman–Crippen MR) is 48.8 cm³/mol. The van der Waals surface area contributed by atoms with E-state index in [9.17, 15) is 13.2 Å². The van der Waals surface area contributed by atoms with Crippen LogP contribution in [0.15, 0.2) is 0 Å². The van der Waals surface area contributed by atoms with Crippen molar-refractivity contribution in [1.29, 1.82) is 0 Å². The first kappa shape index (κ1) is 13.1. The highest BCUT2D eigenvalue weighted by atomic mass is 32.2. The normalized spacial score (nSPS) is 13.4. The Morgan fingerprint density at radius 3 is 2.08 bits per heavy atom. The molecule has 0 amide bonds. The van der Waals surface area contributed by atoms with E-state index in [1.165, 1.54) is 0 Å². The van der Waals surface area contributed by atoms with Gasteiger partial charge in [0.2, 0.25) is 0 Å². The standard InChI is InChI=1S/C8H15F3OS/c1-7(2,3)12-5-4-6-13-8(9,10)11/h4-6H2,1-3H3. The van der Waals surface area contributed by atoms with Crippen molar-refractivity contribution in [3.63, 3.8) is 0 Å². The molecular formula is C8H15F3OS. The summed E-state index contributed by atoms with van der Waals surface area (Å²) >= 11 is 0.00415. The number of hydrogen-bond acceptors (Lipinski definition) is 2.